The molecule has 0 amide bonds. The highest BCUT2D eigenvalue weighted by atomic mass is 79.9. The lowest BCUT2D eigenvalue weighted by Gasteiger charge is -2.23. The molecular weight excluding hydrogens is 338 g/mol. The van der Waals surface area contributed by atoms with Gasteiger partial charge in [-0.05, 0) is 46.1 Å². The van der Waals surface area contributed by atoms with E-state index < -0.39 is 6.10 Å². The lowest BCUT2D eigenvalue weighted by Crippen LogP contribution is -2.20. The van der Waals surface area contributed by atoms with Gasteiger partial charge in [0.05, 0.1) is 11.1 Å². The minimum atomic E-state index is -0.673. The second-order valence-corrected chi connectivity index (χ2v) is 6.13. The molecule has 4 heteroatoms. The molecule has 20 heavy (non-hydrogen) atoms. The maximum absolute atomic E-state index is 10.6. The van der Waals surface area contributed by atoms with E-state index in [1.165, 1.54) is 5.56 Å². The molecule has 2 atom stereocenters. The average Bonchev–Trinajstić information content (AvgIpc) is 2.44. The van der Waals surface area contributed by atoms with Crippen LogP contribution in [0.1, 0.15) is 28.7 Å². The number of aliphatic hydroxyl groups is 1. The first-order valence-corrected chi connectivity index (χ1v) is 7.59. The zero-order chi connectivity index (χ0) is 14.7. The molecule has 2 aromatic rings. The van der Waals surface area contributed by atoms with E-state index in [2.05, 4.69) is 15.9 Å². The van der Waals surface area contributed by atoms with E-state index in [1.807, 2.05) is 43.3 Å². The van der Waals surface area contributed by atoms with Crippen LogP contribution >= 0.6 is 27.5 Å². The molecule has 0 aromatic heterocycles. The largest absolute Gasteiger partial charge is 0.388 e. The third-order valence-corrected chi connectivity index (χ3v) is 4.66. The smallest absolute Gasteiger partial charge is 0.0871 e. The quantitative estimate of drug-likeness (QED) is 0.865. The number of hydrogen-bond acceptors (Lipinski definition) is 2. The number of rotatable bonds is 4. The van der Waals surface area contributed by atoms with Gasteiger partial charge in [-0.1, -0.05) is 47.5 Å². The van der Waals surface area contributed by atoms with E-state index in [0.717, 1.165) is 15.6 Å². The molecule has 0 fully saturated rings. The molecule has 0 aliphatic rings. The van der Waals surface area contributed by atoms with Gasteiger partial charge in [0.1, 0.15) is 0 Å². The lowest BCUT2D eigenvalue weighted by atomic mass is 9.89. The SMILES string of the molecule is Cc1ccc(C(CN)C(O)c2ccc(Br)c(Cl)c2)cc1. The normalized spacial score (nSPS) is 14.1. The zero-order valence-electron chi connectivity index (χ0n) is 11.2. The monoisotopic (exact) mass is 353 g/mol. The van der Waals surface area contributed by atoms with Crippen molar-refractivity contribution in [1.82, 2.24) is 0 Å². The average molecular weight is 355 g/mol. The summed E-state index contributed by atoms with van der Waals surface area (Å²) in [6.45, 7) is 2.41. The summed E-state index contributed by atoms with van der Waals surface area (Å²) in [5.74, 6) is -0.146. The van der Waals surface area contributed by atoms with Gasteiger partial charge in [-0.15, -0.1) is 0 Å². The van der Waals surface area contributed by atoms with Crippen molar-refractivity contribution in [2.24, 2.45) is 5.73 Å². The van der Waals surface area contributed by atoms with Crippen LogP contribution in [0.25, 0.3) is 0 Å². The Hall–Kier alpha value is -0.870. The van der Waals surface area contributed by atoms with Crippen molar-refractivity contribution in [3.63, 3.8) is 0 Å². The first-order chi connectivity index (χ1) is 9.52. The van der Waals surface area contributed by atoms with Gasteiger partial charge in [0, 0.05) is 16.9 Å². The van der Waals surface area contributed by atoms with Gasteiger partial charge in [-0.3, -0.25) is 0 Å². The summed E-state index contributed by atoms with van der Waals surface area (Å²) in [4.78, 5) is 0. The van der Waals surface area contributed by atoms with Crippen LogP contribution in [0.15, 0.2) is 46.9 Å². The maximum Gasteiger partial charge on any atom is 0.0871 e. The Balaban J connectivity index is 2.30. The molecule has 3 N–H and O–H groups in total. The fraction of sp³-hybridized carbons (Fsp3) is 0.250. The molecule has 2 rings (SSSR count). The molecule has 0 spiro atoms. The van der Waals surface area contributed by atoms with Crippen LogP contribution in [0.5, 0.6) is 0 Å². The second kappa shape index (κ2) is 6.72. The highest BCUT2D eigenvalue weighted by Gasteiger charge is 2.22. The number of benzene rings is 2. The van der Waals surface area contributed by atoms with Crippen molar-refractivity contribution in [2.45, 2.75) is 18.9 Å². The van der Waals surface area contributed by atoms with Crippen LogP contribution < -0.4 is 5.73 Å². The Morgan fingerprint density at radius 2 is 1.75 bits per heavy atom. The number of aryl methyl sites for hydroxylation is 1. The van der Waals surface area contributed by atoms with Gasteiger partial charge in [0.15, 0.2) is 0 Å². The van der Waals surface area contributed by atoms with E-state index in [9.17, 15) is 5.11 Å². The Morgan fingerprint density at radius 1 is 1.15 bits per heavy atom. The van der Waals surface area contributed by atoms with Gasteiger partial charge in [-0.2, -0.15) is 0 Å². The number of aliphatic hydroxyl groups excluding tert-OH is 1. The topological polar surface area (TPSA) is 46.2 Å². The van der Waals surface area contributed by atoms with Gasteiger partial charge in [0.25, 0.3) is 0 Å². The van der Waals surface area contributed by atoms with E-state index >= 15 is 0 Å². The summed E-state index contributed by atoms with van der Waals surface area (Å²) >= 11 is 9.43. The number of halogens is 2. The highest BCUT2D eigenvalue weighted by Crippen LogP contribution is 2.33. The van der Waals surface area contributed by atoms with Crippen LogP contribution in [0, 0.1) is 6.92 Å². The molecule has 0 radical (unpaired) electrons. The van der Waals surface area contributed by atoms with Gasteiger partial charge < -0.3 is 10.8 Å². The number of hydrogen-bond donors (Lipinski definition) is 2. The first kappa shape index (κ1) is 15.5. The molecule has 106 valence electrons. The van der Waals surface area contributed by atoms with Crippen LogP contribution in [-0.4, -0.2) is 11.7 Å². The predicted octanol–water partition coefficient (Wildman–Crippen LogP) is 4.19. The summed E-state index contributed by atoms with van der Waals surface area (Å²) in [6, 6.07) is 13.5. The molecule has 0 bridgehead atoms. The van der Waals surface area contributed by atoms with Gasteiger partial charge in [-0.25, -0.2) is 0 Å². The Labute approximate surface area is 132 Å². The van der Waals surface area contributed by atoms with Crippen molar-refractivity contribution in [3.05, 3.63) is 68.7 Å². The van der Waals surface area contributed by atoms with Crippen molar-refractivity contribution >= 4 is 27.5 Å². The van der Waals surface area contributed by atoms with Crippen LogP contribution in [0.3, 0.4) is 0 Å². The molecule has 0 aliphatic heterocycles. The first-order valence-electron chi connectivity index (χ1n) is 6.42. The molecule has 0 saturated heterocycles. The van der Waals surface area contributed by atoms with Crippen LogP contribution in [-0.2, 0) is 0 Å². The third kappa shape index (κ3) is 3.41. The van der Waals surface area contributed by atoms with E-state index in [0.29, 0.717) is 11.6 Å². The molecular formula is C16H17BrClNO. The summed E-state index contributed by atoms with van der Waals surface area (Å²) in [5.41, 5.74) is 8.84. The van der Waals surface area contributed by atoms with Crippen LogP contribution in [0.4, 0.5) is 0 Å². The zero-order valence-corrected chi connectivity index (χ0v) is 13.5. The third-order valence-electron chi connectivity index (χ3n) is 3.43. The van der Waals surface area contributed by atoms with Crippen molar-refractivity contribution in [2.75, 3.05) is 6.54 Å². The van der Waals surface area contributed by atoms with Gasteiger partial charge >= 0.3 is 0 Å². The molecule has 2 aromatic carbocycles. The summed E-state index contributed by atoms with van der Waals surface area (Å²) < 4.78 is 0.815. The summed E-state index contributed by atoms with van der Waals surface area (Å²) in [5, 5.41) is 11.1. The van der Waals surface area contributed by atoms with E-state index in [4.69, 9.17) is 17.3 Å². The van der Waals surface area contributed by atoms with Gasteiger partial charge in [0.2, 0.25) is 0 Å². The number of nitrogens with two attached hydrogens (primary N) is 1. The highest BCUT2D eigenvalue weighted by molar-refractivity contribution is 9.10. The fourth-order valence-corrected chi connectivity index (χ4v) is 2.63. The van der Waals surface area contributed by atoms with Crippen molar-refractivity contribution in [1.29, 1.82) is 0 Å². The van der Waals surface area contributed by atoms with Crippen molar-refractivity contribution in [3.8, 4) is 0 Å². The van der Waals surface area contributed by atoms with Crippen LogP contribution in [0.2, 0.25) is 5.02 Å². The van der Waals surface area contributed by atoms with E-state index in [-0.39, 0.29) is 5.92 Å². The Bertz CT molecular complexity index is 586. The maximum atomic E-state index is 10.6. The summed E-state index contributed by atoms with van der Waals surface area (Å²) in [7, 11) is 0. The van der Waals surface area contributed by atoms with Crippen molar-refractivity contribution < 1.29 is 5.11 Å². The Kier molecular flexibility index (Phi) is 5.22. The molecule has 2 nitrogen and oxygen atoms in total. The Morgan fingerprint density at radius 3 is 2.30 bits per heavy atom. The lowest BCUT2D eigenvalue weighted by molar-refractivity contribution is 0.147. The molecule has 0 heterocycles. The molecule has 2 unspecified atom stereocenters. The molecule has 0 aliphatic carbocycles. The minimum Gasteiger partial charge on any atom is -0.388 e. The fourth-order valence-electron chi connectivity index (χ4n) is 2.19. The predicted molar refractivity (Wildman–Crippen MR) is 87.1 cm³/mol. The molecule has 0 saturated carbocycles. The minimum absolute atomic E-state index is 0.146. The van der Waals surface area contributed by atoms with E-state index in [1.54, 1.807) is 6.07 Å². The standard InChI is InChI=1S/C16H17BrClNO/c1-10-2-4-11(5-3-10)13(9-19)16(20)12-6-7-14(17)15(18)8-12/h2-8,13,16,20H,9,19H2,1H3. The summed E-state index contributed by atoms with van der Waals surface area (Å²) in [6.07, 6.45) is -0.673. The second-order valence-electron chi connectivity index (χ2n) is 4.87.